The molecule has 2 aliphatic rings. The molecule has 0 aromatic heterocycles. The molecule has 1 aromatic rings. The van der Waals surface area contributed by atoms with Crippen molar-refractivity contribution in [2.24, 2.45) is 5.73 Å². The molecule has 1 aromatic carbocycles. The molecule has 0 unspecified atom stereocenters. The SMILES string of the molecule is N[C@@H]1CCCC[C@H]1NS(=O)(=O)c1ccc2c(c1)OCO2. The van der Waals surface area contributed by atoms with Crippen LogP contribution in [0.2, 0.25) is 0 Å². The van der Waals surface area contributed by atoms with E-state index in [9.17, 15) is 8.42 Å². The summed E-state index contributed by atoms with van der Waals surface area (Å²) in [5.41, 5.74) is 5.98. The number of hydrogen-bond donors (Lipinski definition) is 2. The Morgan fingerprint density at radius 2 is 1.90 bits per heavy atom. The summed E-state index contributed by atoms with van der Waals surface area (Å²) in [5, 5.41) is 0. The Bertz CT molecular complexity index is 602. The van der Waals surface area contributed by atoms with E-state index in [1.54, 1.807) is 6.07 Å². The number of fused-ring (bicyclic) bond motifs is 1. The fourth-order valence-corrected chi connectivity index (χ4v) is 3.95. The zero-order valence-electron chi connectivity index (χ0n) is 11.0. The predicted molar refractivity (Wildman–Crippen MR) is 73.1 cm³/mol. The van der Waals surface area contributed by atoms with Crippen molar-refractivity contribution < 1.29 is 17.9 Å². The van der Waals surface area contributed by atoms with Crippen LogP contribution >= 0.6 is 0 Å². The Hall–Kier alpha value is -1.31. The van der Waals surface area contributed by atoms with E-state index in [2.05, 4.69) is 4.72 Å². The van der Waals surface area contributed by atoms with Crippen LogP contribution in [0.15, 0.2) is 23.1 Å². The van der Waals surface area contributed by atoms with Gasteiger partial charge in [0, 0.05) is 18.2 Å². The third kappa shape index (κ3) is 2.61. The second-order valence-corrected chi connectivity index (χ2v) is 6.91. The van der Waals surface area contributed by atoms with E-state index in [-0.39, 0.29) is 23.8 Å². The second kappa shape index (κ2) is 5.23. The van der Waals surface area contributed by atoms with Crippen molar-refractivity contribution in [3.05, 3.63) is 18.2 Å². The monoisotopic (exact) mass is 298 g/mol. The third-order valence-electron chi connectivity index (χ3n) is 3.78. The molecule has 0 radical (unpaired) electrons. The molecule has 7 heteroatoms. The van der Waals surface area contributed by atoms with Crippen molar-refractivity contribution in [3.63, 3.8) is 0 Å². The molecule has 1 saturated carbocycles. The quantitative estimate of drug-likeness (QED) is 0.867. The van der Waals surface area contributed by atoms with Gasteiger partial charge >= 0.3 is 0 Å². The first kappa shape index (κ1) is 13.7. The smallest absolute Gasteiger partial charge is 0.241 e. The highest BCUT2D eigenvalue weighted by atomic mass is 32.2. The summed E-state index contributed by atoms with van der Waals surface area (Å²) >= 11 is 0. The normalized spacial score (nSPS) is 25.6. The standard InChI is InChI=1S/C13H18N2O4S/c14-10-3-1-2-4-11(10)15-20(16,17)9-5-6-12-13(7-9)19-8-18-12/h5-7,10-11,15H,1-4,8,14H2/t10-,11-/m1/s1. The van der Waals surface area contributed by atoms with Gasteiger partial charge in [0.25, 0.3) is 0 Å². The number of ether oxygens (including phenoxy) is 2. The van der Waals surface area contributed by atoms with Gasteiger partial charge in [-0.15, -0.1) is 0 Å². The predicted octanol–water partition coefficient (Wildman–Crippen LogP) is 0.963. The molecule has 3 N–H and O–H groups in total. The van der Waals surface area contributed by atoms with Crippen molar-refractivity contribution in [2.45, 2.75) is 42.7 Å². The third-order valence-corrected chi connectivity index (χ3v) is 5.27. The summed E-state index contributed by atoms with van der Waals surface area (Å²) in [6, 6.07) is 4.30. The van der Waals surface area contributed by atoms with Gasteiger partial charge in [-0.25, -0.2) is 13.1 Å². The molecule has 6 nitrogen and oxygen atoms in total. The second-order valence-electron chi connectivity index (χ2n) is 5.19. The van der Waals surface area contributed by atoms with E-state index in [0.29, 0.717) is 11.5 Å². The molecular weight excluding hydrogens is 280 g/mol. The molecule has 0 amide bonds. The van der Waals surface area contributed by atoms with Crippen molar-refractivity contribution in [2.75, 3.05) is 6.79 Å². The highest BCUT2D eigenvalue weighted by Crippen LogP contribution is 2.34. The average molecular weight is 298 g/mol. The molecule has 1 aliphatic heterocycles. The van der Waals surface area contributed by atoms with Crippen LogP contribution in [-0.4, -0.2) is 27.3 Å². The molecule has 0 bridgehead atoms. The lowest BCUT2D eigenvalue weighted by molar-refractivity contribution is 0.174. The van der Waals surface area contributed by atoms with Crippen molar-refractivity contribution in [1.29, 1.82) is 0 Å². The number of rotatable bonds is 3. The van der Waals surface area contributed by atoms with Gasteiger partial charge in [0.1, 0.15) is 0 Å². The van der Waals surface area contributed by atoms with Gasteiger partial charge in [0.2, 0.25) is 16.8 Å². The Labute approximate surface area is 118 Å². The van der Waals surface area contributed by atoms with Crippen LogP contribution in [-0.2, 0) is 10.0 Å². The van der Waals surface area contributed by atoms with Crippen LogP contribution in [0.3, 0.4) is 0 Å². The Morgan fingerprint density at radius 1 is 1.15 bits per heavy atom. The number of benzene rings is 1. The van der Waals surface area contributed by atoms with Crippen molar-refractivity contribution in [1.82, 2.24) is 4.72 Å². The molecule has 1 fully saturated rings. The zero-order chi connectivity index (χ0) is 14.2. The molecule has 0 saturated heterocycles. The maximum atomic E-state index is 12.4. The molecule has 20 heavy (non-hydrogen) atoms. The number of hydrogen-bond acceptors (Lipinski definition) is 5. The van der Waals surface area contributed by atoms with E-state index >= 15 is 0 Å². The van der Waals surface area contributed by atoms with Crippen LogP contribution in [0.25, 0.3) is 0 Å². The van der Waals surface area contributed by atoms with Crippen LogP contribution < -0.4 is 19.9 Å². The van der Waals surface area contributed by atoms with E-state index in [1.807, 2.05) is 0 Å². The minimum Gasteiger partial charge on any atom is -0.454 e. The lowest BCUT2D eigenvalue weighted by atomic mass is 9.92. The van der Waals surface area contributed by atoms with Crippen LogP contribution in [0, 0.1) is 0 Å². The number of nitrogens with two attached hydrogens (primary N) is 1. The molecular formula is C13H18N2O4S. The van der Waals surface area contributed by atoms with E-state index in [0.717, 1.165) is 25.7 Å². The highest BCUT2D eigenvalue weighted by molar-refractivity contribution is 7.89. The fourth-order valence-electron chi connectivity index (χ4n) is 2.62. The maximum Gasteiger partial charge on any atom is 0.241 e. The number of sulfonamides is 1. The largest absolute Gasteiger partial charge is 0.454 e. The van der Waals surface area contributed by atoms with E-state index < -0.39 is 10.0 Å². The molecule has 3 rings (SSSR count). The van der Waals surface area contributed by atoms with Crippen molar-refractivity contribution in [3.8, 4) is 11.5 Å². The van der Waals surface area contributed by atoms with E-state index in [4.69, 9.17) is 15.2 Å². The van der Waals surface area contributed by atoms with Gasteiger partial charge in [-0.2, -0.15) is 0 Å². The number of nitrogens with one attached hydrogen (secondary N) is 1. The van der Waals surface area contributed by atoms with E-state index in [1.165, 1.54) is 12.1 Å². The van der Waals surface area contributed by atoms with Crippen LogP contribution in [0.4, 0.5) is 0 Å². The minimum atomic E-state index is -3.58. The fraction of sp³-hybridized carbons (Fsp3) is 0.538. The minimum absolute atomic E-state index is 0.118. The molecule has 2 atom stereocenters. The highest BCUT2D eigenvalue weighted by Gasteiger charge is 2.28. The van der Waals surface area contributed by atoms with Crippen molar-refractivity contribution >= 4 is 10.0 Å². The van der Waals surface area contributed by atoms with Gasteiger partial charge in [0.05, 0.1) is 4.90 Å². The Morgan fingerprint density at radius 3 is 2.70 bits per heavy atom. The summed E-state index contributed by atoms with van der Waals surface area (Å²) in [7, 11) is -3.58. The summed E-state index contributed by atoms with van der Waals surface area (Å²) in [6.07, 6.45) is 3.70. The average Bonchev–Trinajstić information content (AvgIpc) is 2.88. The first-order chi connectivity index (χ1) is 9.56. The lowest BCUT2D eigenvalue weighted by Gasteiger charge is -2.29. The summed E-state index contributed by atoms with van der Waals surface area (Å²) in [6.45, 7) is 0.125. The molecule has 110 valence electrons. The maximum absolute atomic E-state index is 12.4. The summed E-state index contributed by atoms with van der Waals surface area (Å²) in [4.78, 5) is 0.180. The van der Waals surface area contributed by atoms with Gasteiger partial charge in [-0.3, -0.25) is 0 Å². The Balaban J connectivity index is 1.81. The first-order valence-corrected chi connectivity index (χ1v) is 8.22. The molecule has 1 heterocycles. The van der Waals surface area contributed by atoms with Gasteiger partial charge < -0.3 is 15.2 Å². The first-order valence-electron chi connectivity index (χ1n) is 6.74. The van der Waals surface area contributed by atoms with Crippen LogP contribution in [0.5, 0.6) is 11.5 Å². The lowest BCUT2D eigenvalue weighted by Crippen LogP contribution is -2.49. The molecule has 0 spiro atoms. The van der Waals surface area contributed by atoms with Gasteiger partial charge in [-0.05, 0) is 25.0 Å². The summed E-state index contributed by atoms with van der Waals surface area (Å²) in [5.74, 6) is 1.03. The topological polar surface area (TPSA) is 90.7 Å². The van der Waals surface area contributed by atoms with Crippen LogP contribution in [0.1, 0.15) is 25.7 Å². The molecule has 1 aliphatic carbocycles. The van der Waals surface area contributed by atoms with Gasteiger partial charge in [-0.1, -0.05) is 12.8 Å². The zero-order valence-corrected chi connectivity index (χ0v) is 11.9. The van der Waals surface area contributed by atoms with Gasteiger partial charge in [0.15, 0.2) is 11.5 Å². The summed E-state index contributed by atoms with van der Waals surface area (Å²) < 4.78 is 37.9. The Kier molecular flexibility index (Phi) is 3.57.